The molecule has 22 heavy (non-hydrogen) atoms. The van der Waals surface area contributed by atoms with Gasteiger partial charge in [0.05, 0.1) is 10.8 Å². The number of benzene rings is 1. The third-order valence-corrected chi connectivity index (χ3v) is 4.85. The van der Waals surface area contributed by atoms with Gasteiger partial charge < -0.3 is 10.0 Å². The van der Waals surface area contributed by atoms with Crippen LogP contribution in [-0.2, 0) is 15.0 Å². The van der Waals surface area contributed by atoms with Gasteiger partial charge in [-0.25, -0.2) is 0 Å². The number of carbonyl (C=O) groups is 2. The van der Waals surface area contributed by atoms with E-state index < -0.39 is 16.8 Å². The number of amides is 1. The highest BCUT2D eigenvalue weighted by Gasteiger charge is 2.42. The maximum absolute atomic E-state index is 12.9. The van der Waals surface area contributed by atoms with Crippen LogP contribution in [0.5, 0.6) is 0 Å². The van der Waals surface area contributed by atoms with Gasteiger partial charge in [0.1, 0.15) is 0 Å². The molecule has 1 amide bonds. The first kappa shape index (κ1) is 16.8. The molecule has 1 unspecified atom stereocenters. The van der Waals surface area contributed by atoms with Gasteiger partial charge in [-0.1, -0.05) is 23.7 Å². The largest absolute Gasteiger partial charge is 0.481 e. The lowest BCUT2D eigenvalue weighted by molar-refractivity contribution is -0.154. The number of carboxylic acid groups (broad SMARTS) is 1. The second-order valence-corrected chi connectivity index (χ2v) is 7.26. The molecule has 1 aromatic carbocycles. The van der Waals surface area contributed by atoms with Crippen LogP contribution in [0.1, 0.15) is 39.2 Å². The van der Waals surface area contributed by atoms with Gasteiger partial charge in [0.25, 0.3) is 0 Å². The van der Waals surface area contributed by atoms with Crippen LogP contribution in [-0.4, -0.2) is 35.0 Å². The number of halogens is 1. The summed E-state index contributed by atoms with van der Waals surface area (Å²) in [5.41, 5.74) is -0.685. The zero-order valence-electron chi connectivity index (χ0n) is 13.2. The molecule has 4 nitrogen and oxygen atoms in total. The molecule has 120 valence electrons. The van der Waals surface area contributed by atoms with E-state index in [1.54, 1.807) is 24.0 Å². The number of hydrogen-bond donors (Lipinski definition) is 1. The Morgan fingerprint density at radius 2 is 1.86 bits per heavy atom. The summed E-state index contributed by atoms with van der Waals surface area (Å²) in [5.74, 6) is -0.878. The van der Waals surface area contributed by atoms with Crippen LogP contribution in [0.15, 0.2) is 24.3 Å². The highest BCUT2D eigenvalue weighted by atomic mass is 35.5. The van der Waals surface area contributed by atoms with Crippen molar-refractivity contribution in [3.63, 3.8) is 0 Å². The minimum absolute atomic E-state index is 0.0398. The summed E-state index contributed by atoms with van der Waals surface area (Å²) in [5, 5.41) is 10.0. The summed E-state index contributed by atoms with van der Waals surface area (Å²) in [7, 11) is 0. The maximum atomic E-state index is 12.9. The topological polar surface area (TPSA) is 57.6 Å². The van der Waals surface area contributed by atoms with E-state index in [1.807, 2.05) is 26.0 Å². The molecule has 0 aliphatic carbocycles. The average Bonchev–Trinajstić information content (AvgIpc) is 2.46. The molecule has 1 aromatic rings. The van der Waals surface area contributed by atoms with Crippen LogP contribution in [0.25, 0.3) is 0 Å². The Bertz CT molecular complexity index is 582. The van der Waals surface area contributed by atoms with Crippen molar-refractivity contribution in [3.8, 4) is 0 Å². The van der Waals surface area contributed by atoms with E-state index in [-0.39, 0.29) is 12.5 Å². The normalized spacial score (nSPS) is 22.5. The first-order valence-electron chi connectivity index (χ1n) is 7.46. The third-order valence-electron chi connectivity index (χ3n) is 4.60. The highest BCUT2D eigenvalue weighted by molar-refractivity contribution is 6.30. The van der Waals surface area contributed by atoms with E-state index in [0.717, 1.165) is 5.56 Å². The number of hydrogen-bond acceptors (Lipinski definition) is 2. The zero-order chi connectivity index (χ0) is 16.5. The molecule has 0 aromatic heterocycles. The van der Waals surface area contributed by atoms with Crippen molar-refractivity contribution in [2.24, 2.45) is 5.41 Å². The van der Waals surface area contributed by atoms with E-state index in [4.69, 9.17) is 11.6 Å². The molecule has 0 saturated carbocycles. The second kappa shape index (κ2) is 5.92. The van der Waals surface area contributed by atoms with E-state index in [0.29, 0.717) is 24.4 Å². The summed E-state index contributed by atoms with van der Waals surface area (Å²) in [6.45, 7) is 6.32. The number of piperidine rings is 1. The lowest BCUT2D eigenvalue weighted by Gasteiger charge is -2.41. The summed E-state index contributed by atoms with van der Waals surface area (Å²) < 4.78 is 0. The predicted molar refractivity (Wildman–Crippen MR) is 86.0 cm³/mol. The van der Waals surface area contributed by atoms with Crippen molar-refractivity contribution in [2.45, 2.75) is 39.0 Å². The van der Waals surface area contributed by atoms with Crippen molar-refractivity contribution >= 4 is 23.5 Å². The van der Waals surface area contributed by atoms with Gasteiger partial charge in [-0.05, 0) is 51.3 Å². The summed E-state index contributed by atoms with van der Waals surface area (Å²) in [4.78, 5) is 26.1. The zero-order valence-corrected chi connectivity index (χ0v) is 14.0. The number of rotatable bonds is 3. The molecule has 1 heterocycles. The van der Waals surface area contributed by atoms with E-state index >= 15 is 0 Å². The molecule has 0 spiro atoms. The van der Waals surface area contributed by atoms with Gasteiger partial charge in [0.15, 0.2) is 0 Å². The number of likely N-dealkylation sites (tertiary alicyclic amines) is 1. The maximum Gasteiger partial charge on any atom is 0.311 e. The minimum Gasteiger partial charge on any atom is -0.481 e. The molecule has 1 saturated heterocycles. The summed E-state index contributed by atoms with van der Waals surface area (Å²) in [6, 6.07) is 7.23. The van der Waals surface area contributed by atoms with Crippen molar-refractivity contribution in [2.75, 3.05) is 13.1 Å². The fraction of sp³-hybridized carbons (Fsp3) is 0.529. The van der Waals surface area contributed by atoms with Gasteiger partial charge in [-0.2, -0.15) is 0 Å². The quantitative estimate of drug-likeness (QED) is 0.928. The van der Waals surface area contributed by atoms with Gasteiger partial charge >= 0.3 is 5.97 Å². The van der Waals surface area contributed by atoms with Crippen LogP contribution in [0.3, 0.4) is 0 Å². The van der Waals surface area contributed by atoms with Crippen molar-refractivity contribution in [1.29, 1.82) is 0 Å². The van der Waals surface area contributed by atoms with Crippen LogP contribution in [0, 0.1) is 5.41 Å². The molecule has 5 heteroatoms. The third kappa shape index (κ3) is 3.12. The molecular formula is C17H22ClNO3. The highest BCUT2D eigenvalue weighted by Crippen LogP contribution is 2.33. The smallest absolute Gasteiger partial charge is 0.311 e. The Labute approximate surface area is 136 Å². The Kier molecular flexibility index (Phi) is 4.52. The number of carboxylic acids is 1. The minimum atomic E-state index is -0.857. The monoisotopic (exact) mass is 323 g/mol. The Morgan fingerprint density at radius 1 is 1.27 bits per heavy atom. The Morgan fingerprint density at radius 3 is 2.41 bits per heavy atom. The van der Waals surface area contributed by atoms with E-state index in [1.165, 1.54) is 0 Å². The van der Waals surface area contributed by atoms with Gasteiger partial charge in [-0.15, -0.1) is 0 Å². The molecule has 1 aliphatic rings. The molecule has 2 rings (SSSR count). The molecule has 0 bridgehead atoms. The van der Waals surface area contributed by atoms with E-state index in [2.05, 4.69) is 0 Å². The van der Waals surface area contributed by atoms with Gasteiger partial charge in [0.2, 0.25) is 5.91 Å². The lowest BCUT2D eigenvalue weighted by atomic mass is 9.78. The number of nitrogens with zero attached hydrogens (tertiary/aromatic N) is 1. The first-order valence-corrected chi connectivity index (χ1v) is 7.83. The van der Waals surface area contributed by atoms with Gasteiger partial charge in [0, 0.05) is 18.1 Å². The number of aliphatic carboxylic acids is 1. The SMILES string of the molecule is CC1(C(=O)O)CCCN(C(=O)C(C)(C)c2ccc(Cl)cc2)C1. The summed E-state index contributed by atoms with van der Waals surface area (Å²) >= 11 is 5.90. The fourth-order valence-corrected chi connectivity index (χ4v) is 3.10. The van der Waals surface area contributed by atoms with Crippen molar-refractivity contribution < 1.29 is 14.7 Å². The predicted octanol–water partition coefficient (Wildman–Crippen LogP) is 3.33. The lowest BCUT2D eigenvalue weighted by Crippen LogP contribution is -2.52. The van der Waals surface area contributed by atoms with Crippen molar-refractivity contribution in [1.82, 2.24) is 4.90 Å². The second-order valence-electron chi connectivity index (χ2n) is 6.83. The van der Waals surface area contributed by atoms with Crippen LogP contribution in [0.2, 0.25) is 5.02 Å². The fourth-order valence-electron chi connectivity index (χ4n) is 2.97. The molecule has 1 atom stereocenters. The van der Waals surface area contributed by atoms with Gasteiger partial charge in [-0.3, -0.25) is 9.59 Å². The Balaban J connectivity index is 2.22. The summed E-state index contributed by atoms with van der Waals surface area (Å²) in [6.07, 6.45) is 1.32. The molecule has 1 aliphatic heterocycles. The molecule has 1 fully saturated rings. The van der Waals surface area contributed by atoms with Crippen LogP contribution in [0.4, 0.5) is 0 Å². The standard InChI is InChI=1S/C17H22ClNO3/c1-16(2,12-5-7-13(18)8-6-12)14(20)19-10-4-9-17(3,11-19)15(21)22/h5-8H,4,9-11H2,1-3H3,(H,21,22). The van der Waals surface area contributed by atoms with E-state index in [9.17, 15) is 14.7 Å². The van der Waals surface area contributed by atoms with Crippen molar-refractivity contribution in [3.05, 3.63) is 34.9 Å². The van der Waals surface area contributed by atoms with Crippen LogP contribution < -0.4 is 0 Å². The first-order chi connectivity index (χ1) is 10.2. The average molecular weight is 324 g/mol. The molecular weight excluding hydrogens is 302 g/mol. The molecule has 1 N–H and O–H groups in total. The van der Waals surface area contributed by atoms with Crippen LogP contribution >= 0.6 is 11.6 Å². The number of carbonyl (C=O) groups excluding carboxylic acids is 1. The Hall–Kier alpha value is -1.55. The molecule has 0 radical (unpaired) electrons.